The van der Waals surface area contributed by atoms with Gasteiger partial charge in [-0.15, -0.1) is 0 Å². The molecule has 3 heteroatoms. The molecule has 0 radical (unpaired) electrons. The fourth-order valence-corrected chi connectivity index (χ4v) is 1.87. The van der Waals surface area contributed by atoms with Crippen LogP contribution in [-0.2, 0) is 0 Å². The Morgan fingerprint density at radius 3 is 2.59 bits per heavy atom. The summed E-state index contributed by atoms with van der Waals surface area (Å²) in [5.41, 5.74) is 0.739. The first-order valence-corrected chi connectivity index (χ1v) is 5.87. The van der Waals surface area contributed by atoms with E-state index in [0.29, 0.717) is 13.0 Å². The number of carbonyl (C=O) groups is 1. The van der Waals surface area contributed by atoms with E-state index < -0.39 is 0 Å². The van der Waals surface area contributed by atoms with Crippen molar-refractivity contribution in [3.63, 3.8) is 0 Å². The lowest BCUT2D eigenvalue weighted by Gasteiger charge is -2.25. The third-order valence-corrected chi connectivity index (χ3v) is 2.86. The standard InChI is InChI=1S/C14H18N2O/c1-3-13(16(2)11-7-10-15)14(17)12-8-5-4-6-9-12/h4-6,8-9,13H,3,7,11H2,1-2H3. The van der Waals surface area contributed by atoms with Crippen LogP contribution in [0.5, 0.6) is 0 Å². The molecule has 0 saturated heterocycles. The van der Waals surface area contributed by atoms with E-state index in [2.05, 4.69) is 6.07 Å². The van der Waals surface area contributed by atoms with Gasteiger partial charge in [-0.1, -0.05) is 37.3 Å². The molecule has 0 aliphatic heterocycles. The first-order chi connectivity index (χ1) is 8.20. The monoisotopic (exact) mass is 230 g/mol. The van der Waals surface area contributed by atoms with E-state index in [1.54, 1.807) is 0 Å². The molecule has 0 heterocycles. The van der Waals surface area contributed by atoms with Crippen LogP contribution in [0.1, 0.15) is 30.1 Å². The Labute approximate surface area is 103 Å². The summed E-state index contributed by atoms with van der Waals surface area (Å²) in [4.78, 5) is 14.2. The highest BCUT2D eigenvalue weighted by Gasteiger charge is 2.21. The van der Waals surface area contributed by atoms with E-state index in [1.807, 2.05) is 49.2 Å². The zero-order chi connectivity index (χ0) is 12.7. The molecule has 3 nitrogen and oxygen atoms in total. The predicted molar refractivity (Wildman–Crippen MR) is 67.7 cm³/mol. The van der Waals surface area contributed by atoms with E-state index in [4.69, 9.17) is 5.26 Å². The number of carbonyl (C=O) groups excluding carboxylic acids is 1. The number of hydrogen-bond acceptors (Lipinski definition) is 3. The molecule has 1 unspecified atom stereocenters. The van der Waals surface area contributed by atoms with Crippen molar-refractivity contribution in [2.24, 2.45) is 0 Å². The number of ketones is 1. The zero-order valence-electron chi connectivity index (χ0n) is 10.4. The van der Waals surface area contributed by atoms with Crippen LogP contribution in [0.15, 0.2) is 30.3 Å². The van der Waals surface area contributed by atoms with Gasteiger partial charge in [0.1, 0.15) is 0 Å². The number of hydrogen-bond donors (Lipinski definition) is 0. The Hall–Kier alpha value is -1.66. The first kappa shape index (κ1) is 13.4. The van der Waals surface area contributed by atoms with Crippen molar-refractivity contribution < 1.29 is 4.79 Å². The Morgan fingerprint density at radius 2 is 2.06 bits per heavy atom. The average molecular weight is 230 g/mol. The van der Waals surface area contributed by atoms with E-state index in [-0.39, 0.29) is 11.8 Å². The summed E-state index contributed by atoms with van der Waals surface area (Å²) >= 11 is 0. The highest BCUT2D eigenvalue weighted by Crippen LogP contribution is 2.11. The number of benzene rings is 1. The summed E-state index contributed by atoms with van der Waals surface area (Å²) in [6.45, 7) is 2.63. The summed E-state index contributed by atoms with van der Waals surface area (Å²) in [6, 6.07) is 11.3. The van der Waals surface area contributed by atoms with Crippen molar-refractivity contribution in [2.45, 2.75) is 25.8 Å². The minimum absolute atomic E-state index is 0.133. The summed E-state index contributed by atoms with van der Waals surface area (Å²) in [5, 5.41) is 8.56. The maximum Gasteiger partial charge on any atom is 0.179 e. The smallest absolute Gasteiger partial charge is 0.179 e. The fraction of sp³-hybridized carbons (Fsp3) is 0.429. The Bertz CT molecular complexity index is 394. The lowest BCUT2D eigenvalue weighted by Crippen LogP contribution is -2.38. The first-order valence-electron chi connectivity index (χ1n) is 5.87. The minimum Gasteiger partial charge on any atom is -0.295 e. The number of nitriles is 1. The van der Waals surface area contributed by atoms with Crippen molar-refractivity contribution in [3.8, 4) is 6.07 Å². The molecule has 0 saturated carbocycles. The van der Waals surface area contributed by atoms with E-state index in [1.165, 1.54) is 0 Å². The van der Waals surface area contributed by atoms with Gasteiger partial charge in [-0.05, 0) is 13.5 Å². The van der Waals surface area contributed by atoms with Crippen molar-refractivity contribution in [2.75, 3.05) is 13.6 Å². The topological polar surface area (TPSA) is 44.1 Å². The van der Waals surface area contributed by atoms with E-state index in [9.17, 15) is 4.79 Å². The van der Waals surface area contributed by atoms with Gasteiger partial charge in [-0.25, -0.2) is 0 Å². The van der Waals surface area contributed by atoms with E-state index >= 15 is 0 Å². The average Bonchev–Trinajstić information content (AvgIpc) is 2.38. The highest BCUT2D eigenvalue weighted by atomic mass is 16.1. The predicted octanol–water partition coefficient (Wildman–Crippen LogP) is 2.49. The van der Waals surface area contributed by atoms with Gasteiger partial charge in [0.2, 0.25) is 0 Å². The SMILES string of the molecule is CCC(C(=O)c1ccccc1)N(C)CCC#N. The van der Waals surface area contributed by atoms with Crippen LogP contribution in [0.25, 0.3) is 0 Å². The third-order valence-electron chi connectivity index (χ3n) is 2.86. The van der Waals surface area contributed by atoms with Crippen LogP contribution in [-0.4, -0.2) is 30.3 Å². The molecule has 0 N–H and O–H groups in total. The largest absolute Gasteiger partial charge is 0.295 e. The second-order valence-corrected chi connectivity index (χ2v) is 4.04. The minimum atomic E-state index is -0.134. The summed E-state index contributed by atoms with van der Waals surface area (Å²) in [7, 11) is 1.90. The molecule has 0 aliphatic rings. The normalized spacial score (nSPS) is 12.1. The molecule has 0 amide bonds. The molecular weight excluding hydrogens is 212 g/mol. The fourth-order valence-electron chi connectivity index (χ4n) is 1.87. The second kappa shape index (κ2) is 6.82. The van der Waals surface area contributed by atoms with Gasteiger partial charge < -0.3 is 0 Å². The summed E-state index contributed by atoms with van der Waals surface area (Å²) < 4.78 is 0. The van der Waals surface area contributed by atoms with Crippen LogP contribution in [0.2, 0.25) is 0 Å². The van der Waals surface area contributed by atoms with Crippen LogP contribution in [0.3, 0.4) is 0 Å². The molecule has 0 aromatic heterocycles. The number of nitrogens with zero attached hydrogens (tertiary/aromatic N) is 2. The van der Waals surface area contributed by atoms with Crippen LogP contribution in [0.4, 0.5) is 0 Å². The Balaban J connectivity index is 2.74. The van der Waals surface area contributed by atoms with Crippen molar-refractivity contribution >= 4 is 5.78 Å². The number of Topliss-reactive ketones (excluding diaryl/α,β-unsaturated/α-hetero) is 1. The Morgan fingerprint density at radius 1 is 1.41 bits per heavy atom. The van der Waals surface area contributed by atoms with Gasteiger partial charge in [-0.2, -0.15) is 5.26 Å². The quantitative estimate of drug-likeness (QED) is 0.705. The second-order valence-electron chi connectivity index (χ2n) is 4.04. The third kappa shape index (κ3) is 3.69. The Kier molecular flexibility index (Phi) is 5.38. The van der Waals surface area contributed by atoms with Gasteiger partial charge in [0.05, 0.1) is 12.1 Å². The maximum absolute atomic E-state index is 12.3. The molecule has 0 bridgehead atoms. The molecule has 1 aromatic carbocycles. The van der Waals surface area contributed by atoms with Gasteiger partial charge in [0.15, 0.2) is 5.78 Å². The summed E-state index contributed by atoms with van der Waals surface area (Å²) in [6.07, 6.45) is 1.21. The van der Waals surface area contributed by atoms with Gasteiger partial charge in [-0.3, -0.25) is 9.69 Å². The molecular formula is C14H18N2O. The van der Waals surface area contributed by atoms with Gasteiger partial charge in [0.25, 0.3) is 0 Å². The van der Waals surface area contributed by atoms with Crippen molar-refractivity contribution in [3.05, 3.63) is 35.9 Å². The number of likely N-dealkylation sites (N-methyl/N-ethyl adjacent to an activating group) is 1. The molecule has 17 heavy (non-hydrogen) atoms. The lowest BCUT2D eigenvalue weighted by molar-refractivity contribution is 0.0848. The maximum atomic E-state index is 12.3. The van der Waals surface area contributed by atoms with Crippen molar-refractivity contribution in [1.29, 1.82) is 5.26 Å². The van der Waals surface area contributed by atoms with Crippen LogP contribution >= 0.6 is 0 Å². The molecule has 0 spiro atoms. The zero-order valence-corrected chi connectivity index (χ0v) is 10.4. The van der Waals surface area contributed by atoms with E-state index in [0.717, 1.165) is 12.0 Å². The molecule has 1 rings (SSSR count). The molecule has 90 valence electrons. The van der Waals surface area contributed by atoms with Gasteiger partial charge >= 0.3 is 0 Å². The van der Waals surface area contributed by atoms with Crippen LogP contribution in [0, 0.1) is 11.3 Å². The molecule has 1 atom stereocenters. The van der Waals surface area contributed by atoms with Crippen LogP contribution < -0.4 is 0 Å². The molecule has 0 fully saturated rings. The lowest BCUT2D eigenvalue weighted by atomic mass is 10.0. The highest BCUT2D eigenvalue weighted by molar-refractivity contribution is 6.00. The number of rotatable bonds is 6. The molecule has 0 aliphatic carbocycles. The van der Waals surface area contributed by atoms with Crippen molar-refractivity contribution in [1.82, 2.24) is 4.90 Å². The molecule has 1 aromatic rings. The summed E-state index contributed by atoms with van der Waals surface area (Å²) in [5.74, 6) is 0.133. The van der Waals surface area contributed by atoms with Gasteiger partial charge in [0, 0.05) is 18.5 Å².